The van der Waals surface area contributed by atoms with Gasteiger partial charge in [0.2, 0.25) is 0 Å². The fourth-order valence-electron chi connectivity index (χ4n) is 2.54. The molecule has 0 bridgehead atoms. The highest BCUT2D eigenvalue weighted by Crippen LogP contribution is 2.35. The molecule has 2 aliphatic rings. The summed E-state index contributed by atoms with van der Waals surface area (Å²) in [4.78, 5) is 11.9. The molecule has 0 aromatic heterocycles. The molecule has 80 valence electrons. The lowest BCUT2D eigenvalue weighted by Crippen LogP contribution is -2.47. The van der Waals surface area contributed by atoms with Crippen LogP contribution in [0.2, 0.25) is 0 Å². The van der Waals surface area contributed by atoms with E-state index in [9.17, 15) is 4.79 Å². The Kier molecular flexibility index (Phi) is 3.19. The van der Waals surface area contributed by atoms with Gasteiger partial charge in [-0.15, -0.1) is 0 Å². The summed E-state index contributed by atoms with van der Waals surface area (Å²) < 4.78 is 0. The molecule has 0 unspecified atom stereocenters. The van der Waals surface area contributed by atoms with Crippen LogP contribution in [0.5, 0.6) is 0 Å². The van der Waals surface area contributed by atoms with E-state index in [1.807, 2.05) is 0 Å². The van der Waals surface area contributed by atoms with Gasteiger partial charge in [-0.2, -0.15) is 0 Å². The summed E-state index contributed by atoms with van der Waals surface area (Å²) in [5.41, 5.74) is 2.74. The third-order valence-electron chi connectivity index (χ3n) is 3.59. The Hall–Kier alpha value is -0.410. The van der Waals surface area contributed by atoms with E-state index >= 15 is 0 Å². The minimum absolute atomic E-state index is 0.0530. The normalized spacial score (nSPS) is 26.1. The quantitative estimate of drug-likeness (QED) is 0.527. The smallest absolute Gasteiger partial charge is 0.154 e. The van der Waals surface area contributed by atoms with Crippen molar-refractivity contribution < 1.29 is 4.79 Å². The first-order valence-electron chi connectivity index (χ1n) is 5.83. The molecule has 0 spiro atoms. The van der Waals surface area contributed by atoms with Crippen LogP contribution < -0.4 is 11.3 Å². The molecule has 3 heteroatoms. The standard InChI is InChI=1S/C11H20N2O/c12-13-10(11(14)9-6-7-9)8-4-2-1-3-5-8/h8-10,13H,1-7,12H2/t10-/m0/s1. The van der Waals surface area contributed by atoms with Crippen LogP contribution in [0, 0.1) is 11.8 Å². The Labute approximate surface area is 85.4 Å². The first-order chi connectivity index (χ1) is 6.83. The van der Waals surface area contributed by atoms with Crippen molar-refractivity contribution in [3.05, 3.63) is 0 Å². The van der Waals surface area contributed by atoms with E-state index in [1.54, 1.807) is 0 Å². The second kappa shape index (κ2) is 4.41. The molecule has 3 nitrogen and oxygen atoms in total. The Balaban J connectivity index is 1.92. The zero-order valence-corrected chi connectivity index (χ0v) is 8.67. The number of ketones is 1. The van der Waals surface area contributed by atoms with Crippen LogP contribution in [-0.2, 0) is 4.79 Å². The monoisotopic (exact) mass is 196 g/mol. The average Bonchev–Trinajstić information content (AvgIpc) is 3.03. The predicted octanol–water partition coefficient (Wildman–Crippen LogP) is 1.38. The molecule has 0 aromatic rings. The van der Waals surface area contributed by atoms with Gasteiger partial charge in [0.1, 0.15) is 0 Å². The van der Waals surface area contributed by atoms with Crippen LogP contribution in [0.15, 0.2) is 0 Å². The molecule has 0 amide bonds. The van der Waals surface area contributed by atoms with Gasteiger partial charge < -0.3 is 0 Å². The van der Waals surface area contributed by atoms with Gasteiger partial charge in [-0.1, -0.05) is 19.3 Å². The molecule has 2 fully saturated rings. The van der Waals surface area contributed by atoms with Crippen LogP contribution in [-0.4, -0.2) is 11.8 Å². The summed E-state index contributed by atoms with van der Waals surface area (Å²) in [5, 5.41) is 0. The molecule has 0 saturated heterocycles. The number of hydrazine groups is 1. The summed E-state index contributed by atoms with van der Waals surface area (Å²) in [7, 11) is 0. The highest BCUT2D eigenvalue weighted by atomic mass is 16.1. The lowest BCUT2D eigenvalue weighted by molar-refractivity contribution is -0.123. The minimum atomic E-state index is -0.0530. The van der Waals surface area contributed by atoms with Gasteiger partial charge in [-0.05, 0) is 31.6 Å². The molecule has 0 heterocycles. The second-order valence-electron chi connectivity index (χ2n) is 4.72. The highest BCUT2D eigenvalue weighted by Gasteiger charge is 2.38. The Bertz CT molecular complexity index is 207. The lowest BCUT2D eigenvalue weighted by atomic mass is 9.82. The van der Waals surface area contributed by atoms with Crippen molar-refractivity contribution in [2.75, 3.05) is 0 Å². The maximum absolute atomic E-state index is 11.9. The summed E-state index contributed by atoms with van der Waals surface area (Å²) in [6, 6.07) is -0.0530. The molecule has 1 atom stereocenters. The topological polar surface area (TPSA) is 55.1 Å². The fourth-order valence-corrected chi connectivity index (χ4v) is 2.54. The molecule has 0 radical (unpaired) electrons. The van der Waals surface area contributed by atoms with Crippen LogP contribution in [0.4, 0.5) is 0 Å². The summed E-state index contributed by atoms with van der Waals surface area (Å²) in [6.45, 7) is 0. The van der Waals surface area contributed by atoms with E-state index in [4.69, 9.17) is 5.84 Å². The largest absolute Gasteiger partial charge is 0.298 e. The zero-order chi connectivity index (χ0) is 9.97. The second-order valence-corrected chi connectivity index (χ2v) is 4.72. The number of rotatable bonds is 4. The van der Waals surface area contributed by atoms with E-state index < -0.39 is 0 Å². The number of nitrogens with one attached hydrogen (secondary N) is 1. The van der Waals surface area contributed by atoms with Crippen molar-refractivity contribution in [2.45, 2.75) is 51.0 Å². The molecular formula is C11H20N2O. The van der Waals surface area contributed by atoms with Crippen molar-refractivity contribution >= 4 is 5.78 Å². The minimum Gasteiger partial charge on any atom is -0.298 e. The molecule has 14 heavy (non-hydrogen) atoms. The zero-order valence-electron chi connectivity index (χ0n) is 8.67. The summed E-state index contributed by atoms with van der Waals surface area (Å²) >= 11 is 0. The van der Waals surface area contributed by atoms with E-state index in [0.29, 0.717) is 17.6 Å². The van der Waals surface area contributed by atoms with Gasteiger partial charge in [0.25, 0.3) is 0 Å². The molecule has 3 N–H and O–H groups in total. The first kappa shape index (κ1) is 10.1. The van der Waals surface area contributed by atoms with Crippen molar-refractivity contribution in [1.29, 1.82) is 0 Å². The maximum Gasteiger partial charge on any atom is 0.154 e. The average molecular weight is 196 g/mol. The van der Waals surface area contributed by atoms with E-state index in [1.165, 1.54) is 32.1 Å². The van der Waals surface area contributed by atoms with Crippen molar-refractivity contribution in [3.63, 3.8) is 0 Å². The number of carbonyl (C=O) groups excluding carboxylic acids is 1. The molecule has 2 aliphatic carbocycles. The van der Waals surface area contributed by atoms with E-state index in [0.717, 1.165) is 12.8 Å². The number of Topliss-reactive ketones (excluding diaryl/α,β-unsaturated/α-hetero) is 1. The maximum atomic E-state index is 11.9. The number of hydrogen-bond donors (Lipinski definition) is 2. The molecular weight excluding hydrogens is 176 g/mol. The molecule has 0 aliphatic heterocycles. The van der Waals surface area contributed by atoms with Gasteiger partial charge >= 0.3 is 0 Å². The van der Waals surface area contributed by atoms with E-state index in [2.05, 4.69) is 5.43 Å². The third kappa shape index (κ3) is 2.15. The molecule has 2 saturated carbocycles. The van der Waals surface area contributed by atoms with Crippen LogP contribution in [0.3, 0.4) is 0 Å². The molecule has 2 rings (SSSR count). The van der Waals surface area contributed by atoms with Crippen molar-refractivity contribution in [3.8, 4) is 0 Å². The third-order valence-corrected chi connectivity index (χ3v) is 3.59. The first-order valence-corrected chi connectivity index (χ1v) is 5.83. The van der Waals surface area contributed by atoms with Gasteiger partial charge in [0, 0.05) is 5.92 Å². The molecule has 0 aromatic carbocycles. The highest BCUT2D eigenvalue weighted by molar-refractivity contribution is 5.88. The SMILES string of the molecule is NN[C@H](C(=O)C1CC1)C1CCCCC1. The Morgan fingerprint density at radius 1 is 1.14 bits per heavy atom. The Morgan fingerprint density at radius 2 is 1.79 bits per heavy atom. The fraction of sp³-hybridized carbons (Fsp3) is 0.909. The van der Waals surface area contributed by atoms with Crippen molar-refractivity contribution in [1.82, 2.24) is 5.43 Å². The van der Waals surface area contributed by atoms with Gasteiger partial charge in [-0.3, -0.25) is 10.6 Å². The van der Waals surface area contributed by atoms with Crippen LogP contribution >= 0.6 is 0 Å². The van der Waals surface area contributed by atoms with Crippen LogP contribution in [0.1, 0.15) is 44.9 Å². The number of hydrogen-bond acceptors (Lipinski definition) is 3. The lowest BCUT2D eigenvalue weighted by Gasteiger charge is -2.28. The van der Waals surface area contributed by atoms with Crippen LogP contribution in [0.25, 0.3) is 0 Å². The van der Waals surface area contributed by atoms with Gasteiger partial charge in [0.15, 0.2) is 5.78 Å². The van der Waals surface area contributed by atoms with Gasteiger partial charge in [-0.25, -0.2) is 5.43 Å². The Morgan fingerprint density at radius 3 is 2.29 bits per heavy atom. The number of nitrogens with two attached hydrogens (primary N) is 1. The van der Waals surface area contributed by atoms with E-state index in [-0.39, 0.29) is 6.04 Å². The number of carbonyl (C=O) groups is 1. The van der Waals surface area contributed by atoms with Gasteiger partial charge in [0.05, 0.1) is 6.04 Å². The summed E-state index contributed by atoms with van der Waals surface area (Å²) in [6.07, 6.45) is 8.38. The summed E-state index contributed by atoms with van der Waals surface area (Å²) in [5.74, 6) is 6.71. The predicted molar refractivity (Wildman–Crippen MR) is 55.4 cm³/mol. The van der Waals surface area contributed by atoms with Crippen molar-refractivity contribution in [2.24, 2.45) is 17.7 Å².